The van der Waals surface area contributed by atoms with Crippen molar-refractivity contribution in [2.24, 2.45) is 0 Å². The second-order valence-corrected chi connectivity index (χ2v) is 13.8. The van der Waals surface area contributed by atoms with Crippen molar-refractivity contribution in [1.82, 2.24) is 15.0 Å². The van der Waals surface area contributed by atoms with E-state index < -0.39 is 0 Å². The van der Waals surface area contributed by atoms with Crippen molar-refractivity contribution in [1.29, 1.82) is 0 Å². The largest absolute Gasteiger partial charge is 0.456 e. The molecule has 4 nitrogen and oxygen atoms in total. The number of rotatable bonds is 4. The Kier molecular flexibility index (Phi) is 5.80. The molecule has 11 aromatic rings. The number of nitrogens with zero attached hydrogens (tertiary/aromatic N) is 3. The van der Waals surface area contributed by atoms with Gasteiger partial charge in [-0.05, 0) is 63.7 Å². The standard InChI is InChI=1S/C45H25N3OS/c1-3-10-26(11-4-1)27-18-20-29(21-19-27)44-46-43(28-12-5-2-6-13-28)47-45(48-44)30-24-34-39-32(22-23-36-40(39)33-14-7-8-16-35(33)49-36)31-15-9-17-37-41(31)42(34)38(25-30)50-37/h1-25H. The quantitative estimate of drug-likeness (QED) is 0.177. The lowest BCUT2D eigenvalue weighted by Gasteiger charge is -2.13. The van der Waals surface area contributed by atoms with Gasteiger partial charge in [0, 0.05) is 53.0 Å². The van der Waals surface area contributed by atoms with E-state index in [1.807, 2.05) is 41.7 Å². The molecule has 0 aliphatic heterocycles. The Morgan fingerprint density at radius 2 is 0.920 bits per heavy atom. The van der Waals surface area contributed by atoms with Crippen LogP contribution in [0, 0.1) is 0 Å². The van der Waals surface area contributed by atoms with Gasteiger partial charge in [-0.2, -0.15) is 0 Å². The highest BCUT2D eigenvalue weighted by molar-refractivity contribution is 7.26. The summed E-state index contributed by atoms with van der Waals surface area (Å²) in [5.74, 6) is 1.94. The number of hydrogen-bond acceptors (Lipinski definition) is 5. The number of hydrogen-bond donors (Lipinski definition) is 0. The highest BCUT2D eigenvalue weighted by Gasteiger charge is 2.22. The molecule has 0 spiro atoms. The summed E-state index contributed by atoms with van der Waals surface area (Å²) in [7, 11) is 0. The highest BCUT2D eigenvalue weighted by Crippen LogP contribution is 2.49. The number of furan rings is 1. The molecule has 50 heavy (non-hydrogen) atoms. The van der Waals surface area contributed by atoms with Crippen LogP contribution in [0.2, 0.25) is 0 Å². The summed E-state index contributed by atoms with van der Waals surface area (Å²) >= 11 is 1.83. The molecule has 0 saturated heterocycles. The van der Waals surface area contributed by atoms with Gasteiger partial charge in [-0.15, -0.1) is 11.3 Å². The van der Waals surface area contributed by atoms with Crippen LogP contribution in [-0.2, 0) is 0 Å². The minimum Gasteiger partial charge on any atom is -0.456 e. The predicted molar refractivity (Wildman–Crippen MR) is 208 cm³/mol. The van der Waals surface area contributed by atoms with Gasteiger partial charge in [-0.3, -0.25) is 0 Å². The molecule has 3 aromatic heterocycles. The molecule has 0 fully saturated rings. The summed E-state index contributed by atoms with van der Waals surface area (Å²) in [6.07, 6.45) is 0. The second kappa shape index (κ2) is 10.5. The number of fused-ring (bicyclic) bond motifs is 7. The molecule has 3 heterocycles. The van der Waals surface area contributed by atoms with E-state index in [2.05, 4.69) is 121 Å². The SMILES string of the molecule is c1ccc(-c2ccc(-c3nc(-c4ccccc4)nc(-c4cc5sc6cccc7c8ccc9oc%10ccccc%10c9c8c(c4)c5c67)n3)cc2)cc1. The Morgan fingerprint density at radius 3 is 1.70 bits per heavy atom. The summed E-state index contributed by atoms with van der Waals surface area (Å²) in [6.45, 7) is 0. The molecule has 0 amide bonds. The first-order valence-electron chi connectivity index (χ1n) is 16.7. The zero-order valence-corrected chi connectivity index (χ0v) is 27.4. The van der Waals surface area contributed by atoms with Gasteiger partial charge >= 0.3 is 0 Å². The first-order valence-corrected chi connectivity index (χ1v) is 17.5. The first kappa shape index (κ1) is 27.5. The molecule has 11 rings (SSSR count). The van der Waals surface area contributed by atoms with E-state index in [0.717, 1.165) is 44.2 Å². The molecule has 0 atom stereocenters. The Morgan fingerprint density at radius 1 is 0.340 bits per heavy atom. The van der Waals surface area contributed by atoms with E-state index in [9.17, 15) is 0 Å². The third-order valence-electron chi connectivity index (χ3n) is 9.88. The van der Waals surface area contributed by atoms with Gasteiger partial charge in [0.05, 0.1) is 0 Å². The van der Waals surface area contributed by atoms with Crippen LogP contribution < -0.4 is 0 Å². The van der Waals surface area contributed by atoms with Crippen molar-refractivity contribution in [2.45, 2.75) is 0 Å². The molecule has 8 aromatic carbocycles. The van der Waals surface area contributed by atoms with Crippen LogP contribution in [-0.4, -0.2) is 15.0 Å². The third kappa shape index (κ3) is 4.08. The van der Waals surface area contributed by atoms with Crippen LogP contribution in [0.5, 0.6) is 0 Å². The average molecular weight is 656 g/mol. The van der Waals surface area contributed by atoms with Crippen LogP contribution in [0.1, 0.15) is 0 Å². The summed E-state index contributed by atoms with van der Waals surface area (Å²) in [4.78, 5) is 15.3. The maximum absolute atomic E-state index is 6.41. The average Bonchev–Trinajstić information content (AvgIpc) is 3.77. The van der Waals surface area contributed by atoms with Crippen molar-refractivity contribution in [3.63, 3.8) is 0 Å². The second-order valence-electron chi connectivity index (χ2n) is 12.8. The van der Waals surface area contributed by atoms with Crippen molar-refractivity contribution < 1.29 is 4.42 Å². The van der Waals surface area contributed by atoms with Gasteiger partial charge < -0.3 is 4.42 Å². The first-order chi connectivity index (χ1) is 24.8. The van der Waals surface area contributed by atoms with Gasteiger partial charge in [0.1, 0.15) is 11.2 Å². The predicted octanol–water partition coefficient (Wildman–Crippen LogP) is 12.6. The van der Waals surface area contributed by atoms with Crippen LogP contribution in [0.15, 0.2) is 156 Å². The number of aromatic nitrogens is 3. The maximum Gasteiger partial charge on any atom is 0.164 e. The minimum absolute atomic E-state index is 0.643. The molecule has 0 unspecified atom stereocenters. The Hall–Kier alpha value is -6.43. The molecule has 0 bridgehead atoms. The van der Waals surface area contributed by atoms with Crippen LogP contribution >= 0.6 is 11.3 Å². The molecule has 0 N–H and O–H groups in total. The van der Waals surface area contributed by atoms with Gasteiger partial charge in [0.15, 0.2) is 17.5 Å². The van der Waals surface area contributed by atoms with Crippen LogP contribution in [0.25, 0.3) is 109 Å². The van der Waals surface area contributed by atoms with Crippen molar-refractivity contribution in [3.8, 4) is 45.3 Å². The molecule has 0 saturated carbocycles. The molecular formula is C45H25N3OS. The molecule has 232 valence electrons. The van der Waals surface area contributed by atoms with Crippen LogP contribution in [0.4, 0.5) is 0 Å². The fourth-order valence-corrected chi connectivity index (χ4v) is 8.81. The topological polar surface area (TPSA) is 51.8 Å². The summed E-state index contributed by atoms with van der Waals surface area (Å²) in [6, 6.07) is 53.0. The molecular weight excluding hydrogens is 631 g/mol. The van der Waals surface area contributed by atoms with Gasteiger partial charge in [-0.1, -0.05) is 115 Å². The molecule has 0 radical (unpaired) electrons. The Labute approximate surface area is 290 Å². The molecule has 0 aliphatic carbocycles. The van der Waals surface area contributed by atoms with Crippen molar-refractivity contribution in [3.05, 3.63) is 152 Å². The summed E-state index contributed by atoms with van der Waals surface area (Å²) in [5, 5.41) is 9.73. The Bertz CT molecular complexity index is 3070. The van der Waals surface area contributed by atoms with Crippen molar-refractivity contribution >= 4 is 75.0 Å². The number of para-hydroxylation sites is 1. The smallest absolute Gasteiger partial charge is 0.164 e. The summed E-state index contributed by atoms with van der Waals surface area (Å²) < 4.78 is 8.90. The fraction of sp³-hybridized carbons (Fsp3) is 0. The lowest BCUT2D eigenvalue weighted by atomic mass is 9.91. The van der Waals surface area contributed by atoms with Crippen LogP contribution in [0.3, 0.4) is 0 Å². The normalized spacial score (nSPS) is 12.0. The summed E-state index contributed by atoms with van der Waals surface area (Å²) in [5.41, 5.74) is 6.96. The molecule has 5 heteroatoms. The number of thiophene rings is 1. The Balaban J connectivity index is 1.20. The fourth-order valence-electron chi connectivity index (χ4n) is 7.61. The lowest BCUT2D eigenvalue weighted by molar-refractivity contribution is 0.669. The van der Waals surface area contributed by atoms with Crippen molar-refractivity contribution in [2.75, 3.05) is 0 Å². The van der Waals surface area contributed by atoms with E-state index in [4.69, 9.17) is 19.4 Å². The van der Waals surface area contributed by atoms with Gasteiger partial charge in [0.2, 0.25) is 0 Å². The lowest BCUT2D eigenvalue weighted by Crippen LogP contribution is -2.00. The zero-order chi connectivity index (χ0) is 32.8. The minimum atomic E-state index is 0.643. The van der Waals surface area contributed by atoms with E-state index in [1.54, 1.807) is 0 Å². The molecule has 0 aliphatic rings. The van der Waals surface area contributed by atoms with E-state index >= 15 is 0 Å². The zero-order valence-electron chi connectivity index (χ0n) is 26.6. The van der Waals surface area contributed by atoms with E-state index in [-0.39, 0.29) is 0 Å². The van der Waals surface area contributed by atoms with E-state index in [0.29, 0.717) is 17.5 Å². The van der Waals surface area contributed by atoms with Gasteiger partial charge in [0.25, 0.3) is 0 Å². The number of benzene rings is 8. The monoisotopic (exact) mass is 655 g/mol. The van der Waals surface area contributed by atoms with E-state index in [1.165, 1.54) is 47.3 Å². The highest BCUT2D eigenvalue weighted by atomic mass is 32.1. The van der Waals surface area contributed by atoms with Gasteiger partial charge in [-0.25, -0.2) is 15.0 Å². The maximum atomic E-state index is 6.41. The third-order valence-corrected chi connectivity index (χ3v) is 11.0.